The van der Waals surface area contributed by atoms with E-state index in [1.165, 1.54) is 0 Å². The molecule has 0 aromatic heterocycles. The van der Waals surface area contributed by atoms with Gasteiger partial charge in [-0.15, -0.1) is 0 Å². The van der Waals surface area contributed by atoms with Gasteiger partial charge in [0.05, 0.1) is 0 Å². The Morgan fingerprint density at radius 2 is 2.16 bits per heavy atom. The van der Waals surface area contributed by atoms with E-state index in [1.807, 2.05) is 0 Å². The minimum absolute atomic E-state index is 0.0145. The molecule has 0 radical (unpaired) electrons. The van der Waals surface area contributed by atoms with Gasteiger partial charge in [0.25, 0.3) is 0 Å². The van der Waals surface area contributed by atoms with Crippen LogP contribution in [0.3, 0.4) is 0 Å². The molecular formula is C14H24BrF2NO. The topological polar surface area (TPSA) is 29.1 Å². The number of hydrogen-bond donors (Lipinski definition) is 1. The lowest BCUT2D eigenvalue weighted by atomic mass is 9.84. The summed E-state index contributed by atoms with van der Waals surface area (Å²) < 4.78 is 26.5. The van der Waals surface area contributed by atoms with Crippen LogP contribution in [-0.2, 0) is 4.79 Å². The van der Waals surface area contributed by atoms with E-state index in [0.717, 1.165) is 18.2 Å². The Hall–Kier alpha value is -0.190. The number of alkyl halides is 3. The molecule has 1 aliphatic carbocycles. The van der Waals surface area contributed by atoms with Gasteiger partial charge in [-0.3, -0.25) is 4.79 Å². The zero-order chi connectivity index (χ0) is 14.5. The minimum Gasteiger partial charge on any atom is -0.355 e. The van der Waals surface area contributed by atoms with E-state index in [4.69, 9.17) is 0 Å². The van der Waals surface area contributed by atoms with Crippen LogP contribution in [0.2, 0.25) is 0 Å². The highest BCUT2D eigenvalue weighted by molar-refractivity contribution is 9.09. The summed E-state index contributed by atoms with van der Waals surface area (Å²) in [5, 5.41) is 3.80. The Labute approximate surface area is 122 Å². The van der Waals surface area contributed by atoms with Gasteiger partial charge in [0, 0.05) is 30.6 Å². The number of nitrogens with one attached hydrogen (secondary N) is 1. The molecule has 0 bridgehead atoms. The van der Waals surface area contributed by atoms with Gasteiger partial charge in [0.1, 0.15) is 0 Å². The Morgan fingerprint density at radius 1 is 1.47 bits per heavy atom. The summed E-state index contributed by atoms with van der Waals surface area (Å²) in [5.74, 6) is -3.38. The second-order valence-corrected chi connectivity index (χ2v) is 7.12. The number of amides is 1. The lowest BCUT2D eigenvalue weighted by molar-refractivity contribution is -0.132. The Morgan fingerprint density at radius 3 is 2.74 bits per heavy atom. The number of halogens is 3. The van der Waals surface area contributed by atoms with E-state index in [2.05, 4.69) is 35.1 Å². The lowest BCUT2D eigenvalue weighted by Crippen LogP contribution is -2.41. The third-order valence-corrected chi connectivity index (χ3v) is 4.30. The second kappa shape index (κ2) is 7.00. The van der Waals surface area contributed by atoms with Gasteiger partial charge < -0.3 is 5.32 Å². The van der Waals surface area contributed by atoms with Crippen molar-refractivity contribution in [2.24, 2.45) is 11.3 Å². The van der Waals surface area contributed by atoms with Gasteiger partial charge in [-0.1, -0.05) is 29.8 Å². The summed E-state index contributed by atoms with van der Waals surface area (Å²) in [7, 11) is 0. The molecule has 0 aromatic carbocycles. The number of carbonyl (C=O) groups is 1. The van der Waals surface area contributed by atoms with Crippen molar-refractivity contribution in [3.05, 3.63) is 0 Å². The highest BCUT2D eigenvalue weighted by atomic mass is 79.9. The summed E-state index contributed by atoms with van der Waals surface area (Å²) in [5.41, 5.74) is 0.0145. The quantitative estimate of drug-likeness (QED) is 0.724. The molecule has 1 N–H and O–H groups in total. The average molecular weight is 340 g/mol. The second-order valence-electron chi connectivity index (χ2n) is 6.32. The van der Waals surface area contributed by atoms with Crippen molar-refractivity contribution in [1.29, 1.82) is 0 Å². The largest absolute Gasteiger partial charge is 0.355 e. The third kappa shape index (κ3) is 6.19. The molecule has 1 fully saturated rings. The highest BCUT2D eigenvalue weighted by Gasteiger charge is 2.39. The third-order valence-electron chi connectivity index (χ3n) is 3.74. The molecule has 1 saturated carbocycles. The average Bonchev–Trinajstić information content (AvgIpc) is 2.32. The van der Waals surface area contributed by atoms with Crippen molar-refractivity contribution in [2.75, 3.05) is 11.9 Å². The Bertz CT molecular complexity index is 308. The molecule has 0 heterocycles. The van der Waals surface area contributed by atoms with Crippen molar-refractivity contribution in [1.82, 2.24) is 5.32 Å². The molecule has 1 aliphatic rings. The lowest BCUT2D eigenvalue weighted by Gasteiger charge is -2.30. The highest BCUT2D eigenvalue weighted by Crippen LogP contribution is 2.36. The SMILES string of the molecule is CC(C)(CCCBr)CNC(=O)C1CCCC(F)(F)C1. The van der Waals surface area contributed by atoms with Crippen LogP contribution >= 0.6 is 15.9 Å². The normalized spacial score (nSPS) is 23.1. The first-order chi connectivity index (χ1) is 8.76. The summed E-state index contributed by atoms with van der Waals surface area (Å²) in [6.07, 6.45) is 2.71. The number of hydrogen-bond acceptors (Lipinski definition) is 1. The van der Waals surface area contributed by atoms with Crippen LogP contribution < -0.4 is 5.32 Å². The molecule has 19 heavy (non-hydrogen) atoms. The molecule has 5 heteroatoms. The molecule has 1 unspecified atom stereocenters. The van der Waals surface area contributed by atoms with Crippen LogP contribution in [0.4, 0.5) is 8.78 Å². The standard InChI is InChI=1S/C14H24BrF2NO/c1-13(2,6-4-8-15)10-18-12(19)11-5-3-7-14(16,17)9-11/h11H,3-10H2,1-2H3,(H,18,19). The van der Waals surface area contributed by atoms with E-state index < -0.39 is 11.8 Å². The fourth-order valence-electron chi connectivity index (χ4n) is 2.50. The summed E-state index contributed by atoms with van der Waals surface area (Å²) in [6, 6.07) is 0. The van der Waals surface area contributed by atoms with E-state index in [-0.39, 0.29) is 24.2 Å². The first kappa shape index (κ1) is 16.9. The van der Waals surface area contributed by atoms with E-state index in [0.29, 0.717) is 19.4 Å². The Balaban J connectivity index is 2.38. The predicted octanol–water partition coefficient (Wildman–Crippen LogP) is 4.13. The summed E-state index contributed by atoms with van der Waals surface area (Å²) in [6.45, 7) is 4.73. The summed E-state index contributed by atoms with van der Waals surface area (Å²) in [4.78, 5) is 12.0. The molecule has 0 saturated heterocycles. The molecule has 1 rings (SSSR count). The van der Waals surface area contributed by atoms with E-state index in [9.17, 15) is 13.6 Å². The first-order valence-electron chi connectivity index (χ1n) is 6.97. The van der Waals surface area contributed by atoms with Crippen LogP contribution in [-0.4, -0.2) is 23.7 Å². The number of rotatable bonds is 6. The van der Waals surface area contributed by atoms with Gasteiger partial charge >= 0.3 is 0 Å². The maximum atomic E-state index is 13.3. The predicted molar refractivity (Wildman–Crippen MR) is 76.7 cm³/mol. The van der Waals surface area contributed by atoms with Crippen molar-refractivity contribution in [2.45, 2.75) is 58.3 Å². The van der Waals surface area contributed by atoms with Gasteiger partial charge in [-0.25, -0.2) is 8.78 Å². The maximum Gasteiger partial charge on any atom is 0.248 e. The smallest absolute Gasteiger partial charge is 0.248 e. The molecule has 112 valence electrons. The number of carbonyl (C=O) groups excluding carboxylic acids is 1. The fraction of sp³-hybridized carbons (Fsp3) is 0.929. The van der Waals surface area contributed by atoms with Crippen LogP contribution in [0, 0.1) is 11.3 Å². The molecular weight excluding hydrogens is 316 g/mol. The van der Waals surface area contributed by atoms with Crippen LogP contribution in [0.5, 0.6) is 0 Å². The maximum absolute atomic E-state index is 13.3. The molecule has 2 nitrogen and oxygen atoms in total. The van der Waals surface area contributed by atoms with Crippen LogP contribution in [0.1, 0.15) is 52.4 Å². The van der Waals surface area contributed by atoms with Crippen molar-refractivity contribution >= 4 is 21.8 Å². The molecule has 0 aromatic rings. The zero-order valence-corrected chi connectivity index (χ0v) is 13.4. The molecule has 0 spiro atoms. The zero-order valence-electron chi connectivity index (χ0n) is 11.8. The van der Waals surface area contributed by atoms with E-state index >= 15 is 0 Å². The van der Waals surface area contributed by atoms with Gasteiger partial charge in [0.2, 0.25) is 11.8 Å². The molecule has 1 atom stereocenters. The van der Waals surface area contributed by atoms with E-state index in [1.54, 1.807) is 0 Å². The van der Waals surface area contributed by atoms with Gasteiger partial charge in [0.15, 0.2) is 0 Å². The van der Waals surface area contributed by atoms with Crippen molar-refractivity contribution in [3.8, 4) is 0 Å². The van der Waals surface area contributed by atoms with Crippen molar-refractivity contribution < 1.29 is 13.6 Å². The van der Waals surface area contributed by atoms with Crippen molar-refractivity contribution in [3.63, 3.8) is 0 Å². The van der Waals surface area contributed by atoms with Crippen LogP contribution in [0.25, 0.3) is 0 Å². The fourth-order valence-corrected chi connectivity index (χ4v) is 2.78. The van der Waals surface area contributed by atoms with Gasteiger partial charge in [-0.05, 0) is 31.1 Å². The molecule has 0 aliphatic heterocycles. The first-order valence-corrected chi connectivity index (χ1v) is 8.09. The minimum atomic E-state index is -2.66. The van der Waals surface area contributed by atoms with Crippen LogP contribution in [0.15, 0.2) is 0 Å². The Kier molecular flexibility index (Phi) is 6.21. The van der Waals surface area contributed by atoms with Gasteiger partial charge in [-0.2, -0.15) is 0 Å². The summed E-state index contributed by atoms with van der Waals surface area (Å²) >= 11 is 3.39. The monoisotopic (exact) mass is 339 g/mol. The molecule has 1 amide bonds.